The molecule has 0 amide bonds. The maximum absolute atomic E-state index is 10.7. The Morgan fingerprint density at radius 1 is 1.38 bits per heavy atom. The number of fused-ring (bicyclic) bond motifs is 1. The Morgan fingerprint density at radius 3 is 2.75 bits per heavy atom. The van der Waals surface area contributed by atoms with Crippen LogP contribution in [0.4, 0.5) is 0 Å². The third-order valence-electron chi connectivity index (χ3n) is 2.96. The highest BCUT2D eigenvalue weighted by Gasteiger charge is 2.43. The number of para-hydroxylation sites is 1. The lowest BCUT2D eigenvalue weighted by molar-refractivity contribution is -0.0615. The molecule has 16 heavy (non-hydrogen) atoms. The molecule has 0 saturated heterocycles. The lowest BCUT2D eigenvalue weighted by Gasteiger charge is -2.43. The fourth-order valence-electron chi connectivity index (χ4n) is 2.52. The van der Waals surface area contributed by atoms with Crippen LogP contribution in [0.1, 0.15) is 25.8 Å². The van der Waals surface area contributed by atoms with E-state index in [4.69, 9.17) is 4.74 Å². The van der Waals surface area contributed by atoms with Crippen molar-refractivity contribution < 1.29 is 9.84 Å². The standard InChI is InChI=1S/C13H19NO2/c1-12(2)8-13(15,9-14-3)10-6-4-5-7-11(10)16-12/h4-7,14-15H,8-9H2,1-3H3. The molecule has 88 valence electrons. The number of hydrogen-bond acceptors (Lipinski definition) is 3. The van der Waals surface area contributed by atoms with Crippen LogP contribution in [-0.2, 0) is 5.60 Å². The fraction of sp³-hybridized carbons (Fsp3) is 0.538. The summed E-state index contributed by atoms with van der Waals surface area (Å²) in [6.45, 7) is 4.55. The molecule has 0 spiro atoms. The van der Waals surface area contributed by atoms with Gasteiger partial charge in [0.25, 0.3) is 0 Å². The molecule has 1 aliphatic rings. The second-order valence-electron chi connectivity index (χ2n) is 5.10. The number of ether oxygens (including phenoxy) is 1. The van der Waals surface area contributed by atoms with Crippen LogP contribution in [0.5, 0.6) is 5.75 Å². The van der Waals surface area contributed by atoms with E-state index < -0.39 is 5.60 Å². The Bertz CT molecular complexity index is 389. The van der Waals surface area contributed by atoms with E-state index in [-0.39, 0.29) is 5.60 Å². The SMILES string of the molecule is CNCC1(O)CC(C)(C)Oc2ccccc21. The number of nitrogens with one attached hydrogen (secondary N) is 1. The van der Waals surface area contributed by atoms with Gasteiger partial charge in [-0.2, -0.15) is 0 Å². The topological polar surface area (TPSA) is 41.5 Å². The van der Waals surface area contributed by atoms with Gasteiger partial charge in [0.15, 0.2) is 0 Å². The van der Waals surface area contributed by atoms with E-state index in [1.165, 1.54) is 0 Å². The molecule has 0 aliphatic carbocycles. The van der Waals surface area contributed by atoms with Gasteiger partial charge in [-0.3, -0.25) is 0 Å². The van der Waals surface area contributed by atoms with Gasteiger partial charge in [-0.05, 0) is 27.0 Å². The van der Waals surface area contributed by atoms with Crippen molar-refractivity contribution >= 4 is 0 Å². The summed E-state index contributed by atoms with van der Waals surface area (Å²) in [6, 6.07) is 7.71. The highest BCUT2D eigenvalue weighted by atomic mass is 16.5. The Morgan fingerprint density at radius 2 is 2.06 bits per heavy atom. The lowest BCUT2D eigenvalue weighted by Crippen LogP contribution is -2.48. The van der Waals surface area contributed by atoms with Gasteiger partial charge in [0.2, 0.25) is 0 Å². The van der Waals surface area contributed by atoms with Crippen molar-refractivity contribution in [3.05, 3.63) is 29.8 Å². The quantitative estimate of drug-likeness (QED) is 0.798. The Balaban J connectivity index is 2.47. The van der Waals surface area contributed by atoms with Gasteiger partial charge in [-0.1, -0.05) is 18.2 Å². The molecule has 1 unspecified atom stereocenters. The molecule has 0 saturated carbocycles. The molecule has 1 heterocycles. The molecule has 0 bridgehead atoms. The van der Waals surface area contributed by atoms with Crippen molar-refractivity contribution in [3.8, 4) is 5.75 Å². The molecule has 0 aromatic heterocycles. The second kappa shape index (κ2) is 3.75. The monoisotopic (exact) mass is 221 g/mol. The molecule has 0 fully saturated rings. The van der Waals surface area contributed by atoms with Crippen molar-refractivity contribution in [1.82, 2.24) is 5.32 Å². The molecule has 1 aromatic carbocycles. The third kappa shape index (κ3) is 1.93. The van der Waals surface area contributed by atoms with E-state index in [0.29, 0.717) is 13.0 Å². The van der Waals surface area contributed by atoms with Crippen molar-refractivity contribution in [2.24, 2.45) is 0 Å². The average Bonchev–Trinajstić information content (AvgIpc) is 2.15. The zero-order chi connectivity index (χ0) is 11.8. The van der Waals surface area contributed by atoms with Gasteiger partial charge in [-0.15, -0.1) is 0 Å². The minimum atomic E-state index is -0.840. The molecule has 2 rings (SSSR count). The summed E-state index contributed by atoms with van der Waals surface area (Å²) in [7, 11) is 1.85. The molecule has 1 aromatic rings. The maximum atomic E-state index is 10.7. The van der Waals surface area contributed by atoms with Crippen molar-refractivity contribution in [3.63, 3.8) is 0 Å². The summed E-state index contributed by atoms with van der Waals surface area (Å²) < 4.78 is 5.87. The minimum Gasteiger partial charge on any atom is -0.487 e. The summed E-state index contributed by atoms with van der Waals surface area (Å²) in [5.41, 5.74) is -0.295. The van der Waals surface area contributed by atoms with Crippen molar-refractivity contribution in [1.29, 1.82) is 0 Å². The van der Waals surface area contributed by atoms with Crippen molar-refractivity contribution in [2.75, 3.05) is 13.6 Å². The van der Waals surface area contributed by atoms with Crippen LogP contribution in [0.3, 0.4) is 0 Å². The Kier molecular flexibility index (Phi) is 2.68. The first kappa shape index (κ1) is 11.4. The molecule has 1 aliphatic heterocycles. The van der Waals surface area contributed by atoms with E-state index in [2.05, 4.69) is 5.32 Å². The summed E-state index contributed by atoms with van der Waals surface area (Å²) in [5, 5.41) is 13.8. The summed E-state index contributed by atoms with van der Waals surface area (Å²) in [4.78, 5) is 0. The lowest BCUT2D eigenvalue weighted by atomic mass is 9.80. The molecule has 3 nitrogen and oxygen atoms in total. The summed E-state index contributed by atoms with van der Waals surface area (Å²) >= 11 is 0. The van der Waals surface area contributed by atoms with Crippen LogP contribution in [0.2, 0.25) is 0 Å². The first-order valence-electron chi connectivity index (χ1n) is 5.62. The second-order valence-corrected chi connectivity index (χ2v) is 5.10. The number of likely N-dealkylation sites (N-methyl/N-ethyl adjacent to an activating group) is 1. The number of rotatable bonds is 2. The highest BCUT2D eigenvalue weighted by molar-refractivity contribution is 5.41. The molecular weight excluding hydrogens is 202 g/mol. The first-order chi connectivity index (χ1) is 7.47. The van der Waals surface area contributed by atoms with Crippen molar-refractivity contribution in [2.45, 2.75) is 31.5 Å². The van der Waals surface area contributed by atoms with Crippen LogP contribution in [-0.4, -0.2) is 24.3 Å². The zero-order valence-electron chi connectivity index (χ0n) is 10.1. The first-order valence-corrected chi connectivity index (χ1v) is 5.62. The van der Waals surface area contributed by atoms with E-state index in [0.717, 1.165) is 11.3 Å². The fourth-order valence-corrected chi connectivity index (χ4v) is 2.52. The molecular formula is C13H19NO2. The minimum absolute atomic E-state index is 0.333. The molecule has 1 atom stereocenters. The highest BCUT2D eigenvalue weighted by Crippen LogP contribution is 2.42. The van der Waals surface area contributed by atoms with Gasteiger partial charge in [0.05, 0.1) is 0 Å². The van der Waals surface area contributed by atoms with Gasteiger partial charge >= 0.3 is 0 Å². The third-order valence-corrected chi connectivity index (χ3v) is 2.96. The van der Waals surface area contributed by atoms with Gasteiger partial charge < -0.3 is 15.2 Å². The van der Waals surface area contributed by atoms with E-state index in [1.807, 2.05) is 45.2 Å². The largest absolute Gasteiger partial charge is 0.487 e. The average molecular weight is 221 g/mol. The van der Waals surface area contributed by atoms with Crippen LogP contribution in [0, 0.1) is 0 Å². The van der Waals surface area contributed by atoms with Crippen LogP contribution in [0.25, 0.3) is 0 Å². The number of benzene rings is 1. The van der Waals surface area contributed by atoms with E-state index in [1.54, 1.807) is 0 Å². The van der Waals surface area contributed by atoms with Crippen LogP contribution >= 0.6 is 0 Å². The van der Waals surface area contributed by atoms with E-state index in [9.17, 15) is 5.11 Å². The van der Waals surface area contributed by atoms with Gasteiger partial charge in [0, 0.05) is 18.5 Å². The normalized spacial score (nSPS) is 27.0. The van der Waals surface area contributed by atoms with Gasteiger partial charge in [0.1, 0.15) is 17.0 Å². The molecule has 3 heteroatoms. The van der Waals surface area contributed by atoms with E-state index >= 15 is 0 Å². The molecule has 0 radical (unpaired) electrons. The van der Waals surface area contributed by atoms with Gasteiger partial charge in [-0.25, -0.2) is 0 Å². The zero-order valence-corrected chi connectivity index (χ0v) is 10.1. The number of aliphatic hydroxyl groups is 1. The molecule has 2 N–H and O–H groups in total. The smallest absolute Gasteiger partial charge is 0.126 e. The number of hydrogen-bond donors (Lipinski definition) is 2. The summed E-state index contributed by atoms with van der Waals surface area (Å²) in [6.07, 6.45) is 0.595. The maximum Gasteiger partial charge on any atom is 0.126 e. The Hall–Kier alpha value is -1.06. The predicted molar refractivity (Wildman–Crippen MR) is 63.6 cm³/mol. The van der Waals surface area contributed by atoms with Crippen LogP contribution < -0.4 is 10.1 Å². The summed E-state index contributed by atoms with van der Waals surface area (Å²) in [5.74, 6) is 0.788. The Labute approximate surface area is 96.4 Å². The predicted octanol–water partition coefficient (Wildman–Crippen LogP) is 1.65. The van der Waals surface area contributed by atoms with Crippen LogP contribution in [0.15, 0.2) is 24.3 Å².